The molecule has 1 atom stereocenters. The lowest BCUT2D eigenvalue weighted by atomic mass is 10.1. The number of nitrogens with zero attached hydrogens (tertiary/aromatic N) is 1. The monoisotopic (exact) mass is 459 g/mol. The molecule has 33 heavy (non-hydrogen) atoms. The molecule has 0 spiro atoms. The highest BCUT2D eigenvalue weighted by molar-refractivity contribution is 7.14. The summed E-state index contributed by atoms with van der Waals surface area (Å²) < 4.78 is 5.14. The van der Waals surface area contributed by atoms with E-state index in [4.69, 9.17) is 4.74 Å². The zero-order valence-electron chi connectivity index (χ0n) is 17.8. The molecule has 1 aromatic heterocycles. The fourth-order valence-corrected chi connectivity index (χ4v) is 3.88. The van der Waals surface area contributed by atoms with Crippen molar-refractivity contribution in [3.8, 4) is 11.3 Å². The minimum Gasteiger partial charge on any atom is -0.451 e. The molecule has 4 rings (SSSR count). The minimum absolute atomic E-state index is 0.349. The summed E-state index contributed by atoms with van der Waals surface area (Å²) in [4.78, 5) is 41.2. The molecular weight excluding hydrogens is 438 g/mol. The van der Waals surface area contributed by atoms with Crippen molar-refractivity contribution in [2.24, 2.45) is 0 Å². The van der Waals surface area contributed by atoms with Crippen LogP contribution < -0.4 is 10.6 Å². The average Bonchev–Trinajstić information content (AvgIpc) is 3.31. The normalized spacial score (nSPS) is 11.5. The number of ether oxygens (including phenoxy) is 1. The number of nitrogens with one attached hydrogen (secondary N) is 2. The van der Waals surface area contributed by atoms with Gasteiger partial charge in [0, 0.05) is 16.5 Å². The fourth-order valence-electron chi connectivity index (χ4n) is 3.16. The van der Waals surface area contributed by atoms with Gasteiger partial charge in [-0.2, -0.15) is 0 Å². The largest absolute Gasteiger partial charge is 0.451 e. The maximum Gasteiger partial charge on any atom is 0.326 e. The predicted molar refractivity (Wildman–Crippen MR) is 128 cm³/mol. The fraction of sp³-hybridized carbons (Fsp3) is 0.120. The van der Waals surface area contributed by atoms with Crippen LogP contribution in [0.25, 0.3) is 22.0 Å². The highest BCUT2D eigenvalue weighted by atomic mass is 32.1. The summed E-state index contributed by atoms with van der Waals surface area (Å²) in [5.41, 5.74) is 2.12. The first-order chi connectivity index (χ1) is 16.0. The summed E-state index contributed by atoms with van der Waals surface area (Å²) in [6, 6.07) is 22.6. The van der Waals surface area contributed by atoms with Crippen LogP contribution in [0.2, 0.25) is 0 Å². The zero-order valence-corrected chi connectivity index (χ0v) is 18.6. The Morgan fingerprint density at radius 1 is 0.970 bits per heavy atom. The number of carbonyl (C=O) groups is 3. The molecule has 0 saturated heterocycles. The maximum atomic E-state index is 12.4. The van der Waals surface area contributed by atoms with Crippen molar-refractivity contribution in [2.45, 2.75) is 13.0 Å². The van der Waals surface area contributed by atoms with Crippen LogP contribution in [0.4, 0.5) is 5.13 Å². The first-order valence-electron chi connectivity index (χ1n) is 10.3. The number of rotatable bonds is 7. The van der Waals surface area contributed by atoms with Crippen molar-refractivity contribution in [3.63, 3.8) is 0 Å². The Morgan fingerprint density at radius 2 is 1.70 bits per heavy atom. The Balaban J connectivity index is 1.27. The highest BCUT2D eigenvalue weighted by Crippen LogP contribution is 2.24. The van der Waals surface area contributed by atoms with Crippen molar-refractivity contribution < 1.29 is 19.1 Å². The molecule has 7 nitrogen and oxygen atoms in total. The third-order valence-corrected chi connectivity index (χ3v) is 5.64. The molecule has 0 aliphatic heterocycles. The summed E-state index contributed by atoms with van der Waals surface area (Å²) in [6.07, 6.45) is -1.04. The molecule has 0 aliphatic rings. The Labute approximate surface area is 194 Å². The molecule has 2 amide bonds. The number of hydrogen-bond acceptors (Lipinski definition) is 6. The van der Waals surface area contributed by atoms with E-state index < -0.39 is 23.9 Å². The van der Waals surface area contributed by atoms with Gasteiger partial charge in [-0.25, -0.2) is 4.98 Å². The third kappa shape index (κ3) is 5.61. The molecule has 4 aromatic rings. The molecular formula is C25H21N3O4S. The number of aromatic nitrogens is 1. The second kappa shape index (κ2) is 10.1. The van der Waals surface area contributed by atoms with Crippen LogP contribution in [0.3, 0.4) is 0 Å². The lowest BCUT2D eigenvalue weighted by Gasteiger charge is -2.13. The van der Waals surface area contributed by atoms with Crippen LogP contribution in [-0.2, 0) is 14.3 Å². The zero-order chi connectivity index (χ0) is 23.2. The van der Waals surface area contributed by atoms with Crippen LogP contribution in [0.5, 0.6) is 0 Å². The number of anilines is 1. The van der Waals surface area contributed by atoms with Gasteiger partial charge in [0.2, 0.25) is 0 Å². The molecule has 0 fully saturated rings. The van der Waals surface area contributed by atoms with Crippen LogP contribution in [0, 0.1) is 0 Å². The number of fused-ring (bicyclic) bond motifs is 1. The van der Waals surface area contributed by atoms with Gasteiger partial charge < -0.3 is 10.1 Å². The lowest BCUT2D eigenvalue weighted by molar-refractivity contribution is -0.152. The van der Waals surface area contributed by atoms with Gasteiger partial charge in [0.15, 0.2) is 11.2 Å². The van der Waals surface area contributed by atoms with Crippen LogP contribution in [0.1, 0.15) is 17.3 Å². The first kappa shape index (κ1) is 22.2. The molecule has 8 heteroatoms. The van der Waals surface area contributed by atoms with Crippen molar-refractivity contribution in [3.05, 3.63) is 83.7 Å². The van der Waals surface area contributed by atoms with E-state index in [9.17, 15) is 14.4 Å². The van der Waals surface area contributed by atoms with E-state index in [2.05, 4.69) is 15.6 Å². The van der Waals surface area contributed by atoms with Crippen LogP contribution in [0.15, 0.2) is 78.2 Å². The molecule has 0 saturated carbocycles. The van der Waals surface area contributed by atoms with E-state index in [0.717, 1.165) is 22.0 Å². The van der Waals surface area contributed by atoms with E-state index in [1.54, 1.807) is 12.1 Å². The molecule has 0 radical (unpaired) electrons. The van der Waals surface area contributed by atoms with E-state index in [1.807, 2.05) is 66.0 Å². The SMILES string of the molecule is CC(OC(=O)CNC(=O)c1ccc2ccccc2c1)C(=O)Nc1nc(-c2ccccc2)cs1. The number of thiazole rings is 1. The highest BCUT2D eigenvalue weighted by Gasteiger charge is 2.20. The van der Waals surface area contributed by atoms with Gasteiger partial charge >= 0.3 is 5.97 Å². The van der Waals surface area contributed by atoms with Gasteiger partial charge in [0.25, 0.3) is 11.8 Å². The Kier molecular flexibility index (Phi) is 6.75. The minimum atomic E-state index is -1.04. The van der Waals surface area contributed by atoms with E-state index in [-0.39, 0.29) is 6.54 Å². The number of hydrogen-bond donors (Lipinski definition) is 2. The first-order valence-corrected chi connectivity index (χ1v) is 11.2. The summed E-state index contributed by atoms with van der Waals surface area (Å²) in [7, 11) is 0. The number of amides is 2. The van der Waals surface area contributed by atoms with Crippen molar-refractivity contribution in [1.82, 2.24) is 10.3 Å². The van der Waals surface area contributed by atoms with Gasteiger partial charge in [-0.1, -0.05) is 60.7 Å². The van der Waals surface area contributed by atoms with Crippen LogP contribution in [-0.4, -0.2) is 35.4 Å². The average molecular weight is 460 g/mol. The summed E-state index contributed by atoms with van der Waals surface area (Å²) >= 11 is 1.28. The van der Waals surface area contributed by atoms with Gasteiger partial charge in [0.05, 0.1) is 5.69 Å². The second-order valence-electron chi connectivity index (χ2n) is 7.27. The smallest absolute Gasteiger partial charge is 0.326 e. The topological polar surface area (TPSA) is 97.4 Å². The van der Waals surface area contributed by atoms with E-state index >= 15 is 0 Å². The Morgan fingerprint density at radius 3 is 2.48 bits per heavy atom. The second-order valence-corrected chi connectivity index (χ2v) is 8.13. The summed E-state index contributed by atoms with van der Waals surface area (Å²) in [5, 5.41) is 9.36. The molecule has 166 valence electrons. The van der Waals surface area contributed by atoms with Gasteiger partial charge in [0.1, 0.15) is 6.54 Å². The van der Waals surface area contributed by atoms with Crippen LogP contribution >= 0.6 is 11.3 Å². The van der Waals surface area contributed by atoms with E-state index in [1.165, 1.54) is 18.3 Å². The molecule has 3 aromatic carbocycles. The maximum absolute atomic E-state index is 12.4. The standard InChI is InChI=1S/C25H21N3O4S/c1-16(23(30)28-25-27-21(15-33-25)18-8-3-2-4-9-18)32-22(29)14-26-24(31)20-12-11-17-7-5-6-10-19(17)13-20/h2-13,15-16H,14H2,1H3,(H,26,31)(H,27,28,30). The van der Waals surface area contributed by atoms with Crippen molar-refractivity contribution in [2.75, 3.05) is 11.9 Å². The van der Waals surface area contributed by atoms with Gasteiger partial charge in [-0.05, 0) is 29.8 Å². The molecule has 0 bridgehead atoms. The van der Waals surface area contributed by atoms with Gasteiger partial charge in [-0.3, -0.25) is 19.7 Å². The molecule has 1 heterocycles. The Hall–Kier alpha value is -4.04. The summed E-state index contributed by atoms with van der Waals surface area (Å²) in [5.74, 6) is -1.61. The molecule has 2 N–H and O–H groups in total. The summed E-state index contributed by atoms with van der Waals surface area (Å²) in [6.45, 7) is 1.11. The molecule has 1 unspecified atom stereocenters. The lowest BCUT2D eigenvalue weighted by Crippen LogP contribution is -2.35. The van der Waals surface area contributed by atoms with E-state index in [0.29, 0.717) is 10.7 Å². The Bertz CT molecular complexity index is 1300. The van der Waals surface area contributed by atoms with Crippen molar-refractivity contribution >= 4 is 45.0 Å². The quantitative estimate of drug-likeness (QED) is 0.403. The van der Waals surface area contributed by atoms with Crippen molar-refractivity contribution in [1.29, 1.82) is 0 Å². The number of carbonyl (C=O) groups excluding carboxylic acids is 3. The molecule has 0 aliphatic carbocycles. The van der Waals surface area contributed by atoms with Gasteiger partial charge in [-0.15, -0.1) is 11.3 Å². The predicted octanol–water partition coefficient (Wildman–Crippen LogP) is 4.26. The number of benzene rings is 3. The third-order valence-electron chi connectivity index (χ3n) is 4.89. The number of esters is 1.